The topological polar surface area (TPSA) is 55.1 Å². The lowest BCUT2D eigenvalue weighted by atomic mass is 10.1. The highest BCUT2D eigenvalue weighted by molar-refractivity contribution is 9.10. The first kappa shape index (κ1) is 14.2. The number of nitrogens with two attached hydrogens (primary N) is 1. The Bertz CT molecular complexity index is 601. The van der Waals surface area contributed by atoms with Crippen LogP contribution in [0.4, 0.5) is 10.1 Å². The normalized spacial score (nSPS) is 12.2. The molecule has 100 valence electrons. The minimum absolute atomic E-state index is 0.304. The maximum atomic E-state index is 13.3. The molecular formula is C13H12BrFN2OS. The smallest absolute Gasteiger partial charge is 0.246 e. The number of benzene rings is 1. The lowest BCUT2D eigenvalue weighted by molar-refractivity contribution is -0.117. The van der Waals surface area contributed by atoms with Crippen molar-refractivity contribution in [1.82, 2.24) is 0 Å². The highest BCUT2D eigenvalue weighted by Crippen LogP contribution is 2.25. The zero-order valence-corrected chi connectivity index (χ0v) is 12.5. The van der Waals surface area contributed by atoms with Crippen LogP contribution in [-0.4, -0.2) is 5.91 Å². The molecule has 1 aromatic heterocycles. The van der Waals surface area contributed by atoms with E-state index in [0.29, 0.717) is 15.7 Å². The van der Waals surface area contributed by atoms with E-state index in [1.807, 2.05) is 17.5 Å². The third-order valence-electron chi connectivity index (χ3n) is 2.66. The molecule has 0 saturated carbocycles. The van der Waals surface area contributed by atoms with E-state index in [-0.39, 0.29) is 11.7 Å². The molecule has 0 bridgehead atoms. The third-order valence-corrected chi connectivity index (χ3v) is 4.22. The molecule has 2 aromatic rings. The third kappa shape index (κ3) is 3.20. The first-order chi connectivity index (χ1) is 8.99. The molecule has 19 heavy (non-hydrogen) atoms. The Morgan fingerprint density at radius 1 is 1.53 bits per heavy atom. The van der Waals surface area contributed by atoms with Crippen molar-refractivity contribution in [3.05, 3.63) is 50.4 Å². The molecule has 0 aliphatic carbocycles. The van der Waals surface area contributed by atoms with Gasteiger partial charge in [0.2, 0.25) is 5.91 Å². The summed E-state index contributed by atoms with van der Waals surface area (Å²) in [6.45, 7) is 1.72. The summed E-state index contributed by atoms with van der Waals surface area (Å²) in [4.78, 5) is 12.8. The first-order valence-electron chi connectivity index (χ1n) is 5.54. The van der Waals surface area contributed by atoms with Gasteiger partial charge in [-0.2, -0.15) is 0 Å². The van der Waals surface area contributed by atoms with Gasteiger partial charge >= 0.3 is 0 Å². The van der Waals surface area contributed by atoms with Crippen LogP contribution in [0.15, 0.2) is 34.1 Å². The van der Waals surface area contributed by atoms with Crippen molar-refractivity contribution in [3.63, 3.8) is 0 Å². The van der Waals surface area contributed by atoms with Crippen LogP contribution in [-0.2, 0) is 4.79 Å². The van der Waals surface area contributed by atoms with Crippen LogP contribution in [0.5, 0.6) is 0 Å². The molecule has 2 rings (SSSR count). The summed E-state index contributed by atoms with van der Waals surface area (Å²) in [5.41, 5.74) is 7.05. The van der Waals surface area contributed by atoms with Gasteiger partial charge in [-0.25, -0.2) is 4.39 Å². The summed E-state index contributed by atoms with van der Waals surface area (Å²) < 4.78 is 13.6. The molecule has 6 heteroatoms. The van der Waals surface area contributed by atoms with Gasteiger partial charge in [-0.1, -0.05) is 6.07 Å². The molecule has 1 atom stereocenters. The fourth-order valence-corrected chi connectivity index (χ4v) is 2.66. The molecule has 0 spiro atoms. The van der Waals surface area contributed by atoms with E-state index >= 15 is 0 Å². The van der Waals surface area contributed by atoms with Crippen LogP contribution < -0.4 is 11.1 Å². The zero-order valence-electron chi connectivity index (χ0n) is 10.1. The predicted octanol–water partition coefficient (Wildman–Crippen LogP) is 3.60. The van der Waals surface area contributed by atoms with Crippen molar-refractivity contribution in [2.45, 2.75) is 13.0 Å². The number of halogens is 2. The van der Waals surface area contributed by atoms with Crippen molar-refractivity contribution >= 4 is 38.9 Å². The van der Waals surface area contributed by atoms with Crippen LogP contribution >= 0.6 is 27.3 Å². The first-order valence-corrected chi connectivity index (χ1v) is 7.22. The summed E-state index contributed by atoms with van der Waals surface area (Å²) >= 11 is 4.52. The highest BCUT2D eigenvalue weighted by atomic mass is 79.9. The molecule has 1 unspecified atom stereocenters. The van der Waals surface area contributed by atoms with E-state index < -0.39 is 6.04 Å². The molecular weight excluding hydrogens is 331 g/mol. The zero-order chi connectivity index (χ0) is 14.0. The number of rotatable bonds is 3. The molecule has 0 saturated heterocycles. The molecule has 0 aliphatic heterocycles. The Morgan fingerprint density at radius 3 is 2.89 bits per heavy atom. The number of carbonyl (C=O) groups excluding carboxylic acids is 1. The summed E-state index contributed by atoms with van der Waals surface area (Å²) in [7, 11) is 0. The fourth-order valence-electron chi connectivity index (χ4n) is 1.59. The molecule has 3 nitrogen and oxygen atoms in total. The molecule has 0 aliphatic rings. The van der Waals surface area contributed by atoms with Gasteiger partial charge < -0.3 is 11.1 Å². The van der Waals surface area contributed by atoms with Crippen molar-refractivity contribution in [3.8, 4) is 0 Å². The lowest BCUT2D eigenvalue weighted by Crippen LogP contribution is -2.27. The van der Waals surface area contributed by atoms with Crippen LogP contribution in [0.1, 0.15) is 16.5 Å². The van der Waals surface area contributed by atoms with Crippen LogP contribution in [0.2, 0.25) is 0 Å². The van der Waals surface area contributed by atoms with E-state index in [2.05, 4.69) is 21.2 Å². The van der Waals surface area contributed by atoms with Crippen LogP contribution in [0, 0.1) is 12.7 Å². The number of amides is 1. The minimum Gasteiger partial charge on any atom is -0.324 e. The second-order valence-electron chi connectivity index (χ2n) is 4.06. The lowest BCUT2D eigenvalue weighted by Gasteiger charge is -2.13. The maximum absolute atomic E-state index is 13.3. The average Bonchev–Trinajstić information content (AvgIpc) is 2.88. The number of hydrogen-bond donors (Lipinski definition) is 2. The van der Waals surface area contributed by atoms with Crippen molar-refractivity contribution in [2.75, 3.05) is 5.32 Å². The van der Waals surface area contributed by atoms with Crippen molar-refractivity contribution in [2.24, 2.45) is 5.73 Å². The number of anilines is 1. The number of carbonyl (C=O) groups is 1. The van der Waals surface area contributed by atoms with Gasteiger partial charge in [0.25, 0.3) is 0 Å². The van der Waals surface area contributed by atoms with E-state index in [1.165, 1.54) is 23.5 Å². The second-order valence-corrected chi connectivity index (χ2v) is 5.90. The molecule has 0 radical (unpaired) electrons. The van der Waals surface area contributed by atoms with Gasteiger partial charge in [-0.15, -0.1) is 11.3 Å². The highest BCUT2D eigenvalue weighted by Gasteiger charge is 2.18. The van der Waals surface area contributed by atoms with Gasteiger partial charge in [-0.05, 0) is 52.0 Å². The summed E-state index contributed by atoms with van der Waals surface area (Å²) in [6.07, 6.45) is 0. The molecule has 1 aromatic carbocycles. The Morgan fingerprint density at radius 2 is 2.26 bits per heavy atom. The van der Waals surface area contributed by atoms with Crippen LogP contribution in [0.25, 0.3) is 0 Å². The Hall–Kier alpha value is -1.24. The maximum Gasteiger partial charge on any atom is 0.246 e. The standard InChI is InChI=1S/C13H12BrFN2OS/c1-7-5-9(15)8(14)6-10(7)17-13(18)12(16)11-3-2-4-19-11/h2-6,12H,16H2,1H3,(H,17,18). The largest absolute Gasteiger partial charge is 0.324 e. The van der Waals surface area contributed by atoms with Gasteiger partial charge in [0.05, 0.1) is 4.47 Å². The molecule has 3 N–H and O–H groups in total. The van der Waals surface area contributed by atoms with E-state index in [0.717, 1.165) is 4.88 Å². The van der Waals surface area contributed by atoms with Crippen molar-refractivity contribution in [1.29, 1.82) is 0 Å². The molecule has 0 fully saturated rings. The second kappa shape index (κ2) is 5.81. The van der Waals surface area contributed by atoms with E-state index in [9.17, 15) is 9.18 Å². The Labute approximate surface area is 122 Å². The number of hydrogen-bond acceptors (Lipinski definition) is 3. The van der Waals surface area contributed by atoms with Crippen molar-refractivity contribution < 1.29 is 9.18 Å². The summed E-state index contributed by atoms with van der Waals surface area (Å²) in [6, 6.07) is 5.82. The Kier molecular flexibility index (Phi) is 4.34. The number of nitrogens with one attached hydrogen (secondary N) is 1. The molecule has 1 amide bonds. The van der Waals surface area contributed by atoms with Crippen LogP contribution in [0.3, 0.4) is 0 Å². The predicted molar refractivity (Wildman–Crippen MR) is 78.7 cm³/mol. The van der Waals surface area contributed by atoms with Gasteiger partial charge in [0, 0.05) is 10.6 Å². The van der Waals surface area contributed by atoms with Gasteiger partial charge in [-0.3, -0.25) is 4.79 Å². The summed E-state index contributed by atoms with van der Waals surface area (Å²) in [5, 5.41) is 4.58. The van der Waals surface area contributed by atoms with E-state index in [4.69, 9.17) is 5.73 Å². The fraction of sp³-hybridized carbons (Fsp3) is 0.154. The van der Waals surface area contributed by atoms with E-state index in [1.54, 1.807) is 6.92 Å². The number of thiophene rings is 1. The summed E-state index contributed by atoms with van der Waals surface area (Å²) in [5.74, 6) is -0.679. The quantitative estimate of drug-likeness (QED) is 0.895. The molecule has 1 heterocycles. The van der Waals surface area contributed by atoms with Gasteiger partial charge in [0.15, 0.2) is 0 Å². The van der Waals surface area contributed by atoms with Gasteiger partial charge in [0.1, 0.15) is 11.9 Å². The number of aryl methyl sites for hydroxylation is 1. The SMILES string of the molecule is Cc1cc(F)c(Br)cc1NC(=O)C(N)c1cccs1. The average molecular weight is 343 g/mol. The minimum atomic E-state index is -0.719. The Balaban J connectivity index is 2.17. The monoisotopic (exact) mass is 342 g/mol.